The van der Waals surface area contributed by atoms with Gasteiger partial charge in [0.2, 0.25) is 0 Å². The summed E-state index contributed by atoms with van der Waals surface area (Å²) in [5.41, 5.74) is 6.18. The van der Waals surface area contributed by atoms with E-state index in [2.05, 4.69) is 64.9 Å². The Morgan fingerprint density at radius 1 is 0.953 bits per heavy atom. The molecular formula is C32H30N6O2S3. The molecule has 2 aromatic carbocycles. The fourth-order valence-electron chi connectivity index (χ4n) is 4.94. The number of hydrogen-bond acceptors (Lipinski definition) is 8. The smallest absolute Gasteiger partial charge is 0.261 e. The Labute approximate surface area is 262 Å². The lowest BCUT2D eigenvalue weighted by molar-refractivity contribution is -0.130. The second-order valence-corrected chi connectivity index (χ2v) is 13.2. The molecule has 0 saturated heterocycles. The molecule has 1 N–H and O–H groups in total. The van der Waals surface area contributed by atoms with Crippen molar-refractivity contribution in [2.24, 2.45) is 5.10 Å². The topological polar surface area (TPSA) is 92.5 Å². The lowest BCUT2D eigenvalue weighted by Gasteiger charge is -2.22. The quantitative estimate of drug-likeness (QED) is 0.184. The molecular weight excluding hydrogens is 597 g/mol. The first-order valence-electron chi connectivity index (χ1n) is 13.8. The lowest BCUT2D eigenvalue weighted by atomic mass is 10.00. The van der Waals surface area contributed by atoms with Crippen molar-refractivity contribution in [3.05, 3.63) is 115 Å². The fraction of sp³-hybridized carbons (Fsp3) is 0.219. The number of rotatable bonds is 9. The van der Waals surface area contributed by atoms with Crippen molar-refractivity contribution in [3.63, 3.8) is 0 Å². The maximum Gasteiger partial charge on any atom is 0.261 e. The Balaban J connectivity index is 1.26. The number of amides is 2. The van der Waals surface area contributed by atoms with E-state index in [0.717, 1.165) is 33.0 Å². The standard InChI is InChI=1S/C32H30N6O2S3/c1-20-9-12-23(13-10-20)26-17-24(27-6-4-14-41-27)36-38(26)30(39)19-43-32-35-34-29(18-33-31(40)28-7-5-15-42-28)37(32)25-16-21(2)8-11-22(25)3/h4-16,26H,17-19H2,1-3H3,(H,33,40)/t26-/m1/s1. The Morgan fingerprint density at radius 2 is 1.72 bits per heavy atom. The van der Waals surface area contributed by atoms with Crippen LogP contribution in [0.4, 0.5) is 0 Å². The summed E-state index contributed by atoms with van der Waals surface area (Å²) in [6, 6.07) is 22.0. The molecule has 43 heavy (non-hydrogen) atoms. The average molecular weight is 627 g/mol. The summed E-state index contributed by atoms with van der Waals surface area (Å²) in [6.07, 6.45) is 0.659. The van der Waals surface area contributed by atoms with Gasteiger partial charge in [-0.25, -0.2) is 5.01 Å². The molecule has 1 atom stereocenters. The van der Waals surface area contributed by atoms with Crippen LogP contribution >= 0.6 is 34.4 Å². The first kappa shape index (κ1) is 29.0. The maximum atomic E-state index is 13.8. The van der Waals surface area contributed by atoms with Gasteiger partial charge in [-0.2, -0.15) is 5.10 Å². The van der Waals surface area contributed by atoms with E-state index < -0.39 is 0 Å². The highest BCUT2D eigenvalue weighted by Gasteiger charge is 2.33. The normalized spacial score (nSPS) is 14.6. The van der Waals surface area contributed by atoms with Crippen molar-refractivity contribution < 1.29 is 9.59 Å². The minimum atomic E-state index is -0.175. The van der Waals surface area contributed by atoms with Crippen molar-refractivity contribution in [3.8, 4) is 5.69 Å². The molecule has 1 aliphatic heterocycles. The number of carbonyl (C=O) groups is 2. The summed E-state index contributed by atoms with van der Waals surface area (Å²) in [4.78, 5) is 28.2. The highest BCUT2D eigenvalue weighted by Crippen LogP contribution is 2.35. The highest BCUT2D eigenvalue weighted by atomic mass is 32.2. The zero-order valence-electron chi connectivity index (χ0n) is 24.0. The molecule has 2 amide bonds. The number of nitrogens with one attached hydrogen (secondary N) is 1. The molecule has 1 aliphatic rings. The van der Waals surface area contributed by atoms with E-state index in [1.165, 1.54) is 28.7 Å². The van der Waals surface area contributed by atoms with Crippen molar-refractivity contribution >= 4 is 52.0 Å². The van der Waals surface area contributed by atoms with Gasteiger partial charge in [-0.1, -0.05) is 65.9 Å². The molecule has 0 saturated carbocycles. The van der Waals surface area contributed by atoms with Crippen LogP contribution < -0.4 is 5.32 Å². The van der Waals surface area contributed by atoms with E-state index in [1.807, 2.05) is 47.4 Å². The maximum absolute atomic E-state index is 13.8. The van der Waals surface area contributed by atoms with Gasteiger partial charge in [0.25, 0.3) is 11.8 Å². The van der Waals surface area contributed by atoms with Gasteiger partial charge in [0.05, 0.1) is 39.5 Å². The number of benzene rings is 2. The Bertz CT molecular complexity index is 1780. The number of aryl methyl sites for hydroxylation is 3. The zero-order chi connectivity index (χ0) is 29.9. The molecule has 4 heterocycles. The molecule has 5 aromatic rings. The number of thioether (sulfide) groups is 1. The van der Waals surface area contributed by atoms with Crippen molar-refractivity contribution in [1.29, 1.82) is 0 Å². The number of hydrazone groups is 1. The summed E-state index contributed by atoms with van der Waals surface area (Å²) in [5, 5.41) is 22.8. The summed E-state index contributed by atoms with van der Waals surface area (Å²) in [6.45, 7) is 6.31. The van der Waals surface area contributed by atoms with Gasteiger partial charge in [-0.3, -0.25) is 14.2 Å². The first-order chi connectivity index (χ1) is 20.9. The zero-order valence-corrected chi connectivity index (χ0v) is 26.4. The van der Waals surface area contributed by atoms with E-state index >= 15 is 0 Å². The largest absolute Gasteiger partial charge is 0.344 e. The van der Waals surface area contributed by atoms with Gasteiger partial charge in [-0.15, -0.1) is 32.9 Å². The molecule has 0 spiro atoms. The molecule has 218 valence electrons. The molecule has 11 heteroatoms. The lowest BCUT2D eigenvalue weighted by Crippen LogP contribution is -2.28. The molecule has 0 fully saturated rings. The monoisotopic (exact) mass is 626 g/mol. The number of carbonyl (C=O) groups excluding carboxylic acids is 2. The molecule has 8 nitrogen and oxygen atoms in total. The molecule has 0 radical (unpaired) electrons. The van der Waals surface area contributed by atoms with E-state index in [-0.39, 0.29) is 30.2 Å². The average Bonchev–Trinajstić information content (AvgIpc) is 3.83. The van der Waals surface area contributed by atoms with Crippen molar-refractivity contribution in [1.82, 2.24) is 25.1 Å². The minimum absolute atomic E-state index is 0.106. The summed E-state index contributed by atoms with van der Waals surface area (Å²) in [7, 11) is 0. The molecule has 6 rings (SSSR count). The third-order valence-electron chi connectivity index (χ3n) is 7.22. The van der Waals surface area contributed by atoms with Crippen molar-refractivity contribution in [2.75, 3.05) is 5.75 Å². The number of thiophene rings is 2. The van der Waals surface area contributed by atoms with Crippen LogP contribution in [0.5, 0.6) is 0 Å². The van der Waals surface area contributed by atoms with Crippen LogP contribution in [0.25, 0.3) is 5.69 Å². The minimum Gasteiger partial charge on any atom is -0.344 e. The molecule has 3 aromatic heterocycles. The number of nitrogens with zero attached hydrogens (tertiary/aromatic N) is 5. The van der Waals surface area contributed by atoms with E-state index in [4.69, 9.17) is 5.10 Å². The molecule has 0 unspecified atom stereocenters. The Hall–Kier alpha value is -4.06. The molecule has 0 bridgehead atoms. The van der Waals surface area contributed by atoms with Gasteiger partial charge in [-0.05, 0) is 66.4 Å². The predicted molar refractivity (Wildman–Crippen MR) is 173 cm³/mol. The second kappa shape index (κ2) is 12.7. The summed E-state index contributed by atoms with van der Waals surface area (Å²) < 4.78 is 1.94. The third-order valence-corrected chi connectivity index (χ3v) is 9.92. The Kier molecular flexibility index (Phi) is 8.55. The van der Waals surface area contributed by atoms with E-state index in [0.29, 0.717) is 22.3 Å². The summed E-state index contributed by atoms with van der Waals surface area (Å²) >= 11 is 4.34. The van der Waals surface area contributed by atoms with Gasteiger partial charge >= 0.3 is 0 Å². The van der Waals surface area contributed by atoms with Crippen LogP contribution in [0.3, 0.4) is 0 Å². The summed E-state index contributed by atoms with van der Waals surface area (Å²) in [5.74, 6) is 0.453. The SMILES string of the molecule is Cc1ccc([C@H]2CC(c3cccs3)=NN2C(=O)CSc2nnc(CNC(=O)c3cccs3)n2-c2cc(C)ccc2C)cc1. The van der Waals surface area contributed by atoms with E-state index in [1.54, 1.807) is 22.4 Å². The van der Waals surface area contributed by atoms with Gasteiger partial charge in [0, 0.05) is 6.42 Å². The van der Waals surface area contributed by atoms with Gasteiger partial charge < -0.3 is 5.32 Å². The van der Waals surface area contributed by atoms with Gasteiger partial charge in [0.1, 0.15) is 0 Å². The van der Waals surface area contributed by atoms with E-state index in [9.17, 15) is 9.59 Å². The van der Waals surface area contributed by atoms with Crippen LogP contribution in [-0.4, -0.2) is 43.1 Å². The van der Waals surface area contributed by atoms with Crippen LogP contribution in [0.15, 0.2) is 87.7 Å². The number of hydrogen-bond donors (Lipinski definition) is 1. The van der Waals surface area contributed by atoms with Crippen LogP contribution in [-0.2, 0) is 11.3 Å². The first-order valence-corrected chi connectivity index (χ1v) is 16.6. The third kappa shape index (κ3) is 6.34. The Morgan fingerprint density at radius 3 is 2.47 bits per heavy atom. The van der Waals surface area contributed by atoms with Crippen LogP contribution in [0.1, 0.15) is 55.1 Å². The van der Waals surface area contributed by atoms with Crippen molar-refractivity contribution in [2.45, 2.75) is 44.9 Å². The fourth-order valence-corrected chi connectivity index (χ4v) is 7.11. The second-order valence-electron chi connectivity index (χ2n) is 10.4. The predicted octanol–water partition coefficient (Wildman–Crippen LogP) is 6.72. The highest BCUT2D eigenvalue weighted by molar-refractivity contribution is 7.99. The number of aromatic nitrogens is 3. The van der Waals surface area contributed by atoms with Crippen LogP contribution in [0.2, 0.25) is 0 Å². The molecule has 0 aliphatic carbocycles. The van der Waals surface area contributed by atoms with Crippen LogP contribution in [0, 0.1) is 20.8 Å². The van der Waals surface area contributed by atoms with Gasteiger partial charge in [0.15, 0.2) is 11.0 Å².